The van der Waals surface area contributed by atoms with Crippen LogP contribution in [0.15, 0.2) is 23.1 Å². The van der Waals surface area contributed by atoms with Crippen LogP contribution in [-0.2, 0) is 6.54 Å². The molecule has 0 amide bonds. The first kappa shape index (κ1) is 12.5. The molecule has 0 saturated heterocycles. The summed E-state index contributed by atoms with van der Waals surface area (Å²) in [6, 6.07) is 5.09. The van der Waals surface area contributed by atoms with E-state index in [-0.39, 0.29) is 5.82 Å². The first-order valence-electron chi connectivity index (χ1n) is 5.16. The van der Waals surface area contributed by atoms with Crippen molar-refractivity contribution in [3.05, 3.63) is 34.6 Å². The van der Waals surface area contributed by atoms with Gasteiger partial charge in [0.25, 0.3) is 0 Å². The van der Waals surface area contributed by atoms with Gasteiger partial charge in [0, 0.05) is 16.3 Å². The summed E-state index contributed by atoms with van der Waals surface area (Å²) >= 11 is 2.99. The van der Waals surface area contributed by atoms with Gasteiger partial charge in [0.05, 0.1) is 11.3 Å². The minimum absolute atomic E-state index is 0.228. The van der Waals surface area contributed by atoms with Gasteiger partial charge in [-0.3, -0.25) is 0 Å². The van der Waals surface area contributed by atoms with Crippen LogP contribution < -0.4 is 5.73 Å². The maximum atomic E-state index is 13.9. The van der Waals surface area contributed by atoms with Crippen molar-refractivity contribution in [3.8, 4) is 10.6 Å². The third-order valence-electron chi connectivity index (χ3n) is 2.49. The number of nitrogens with two attached hydrogens (primary N) is 1. The number of hydrogen-bond acceptors (Lipinski definition) is 4. The molecule has 2 rings (SSSR count). The molecule has 2 aromatic rings. The van der Waals surface area contributed by atoms with Crippen LogP contribution >= 0.6 is 23.1 Å². The highest BCUT2D eigenvalue weighted by Crippen LogP contribution is 2.36. The van der Waals surface area contributed by atoms with Crippen molar-refractivity contribution in [3.63, 3.8) is 0 Å². The largest absolute Gasteiger partial charge is 0.326 e. The molecule has 1 aromatic heterocycles. The Kier molecular flexibility index (Phi) is 3.81. The van der Waals surface area contributed by atoms with Crippen LogP contribution in [0.25, 0.3) is 10.6 Å². The van der Waals surface area contributed by atoms with Gasteiger partial charge in [0.1, 0.15) is 10.8 Å². The van der Waals surface area contributed by atoms with Crippen LogP contribution in [0, 0.1) is 12.7 Å². The Hall–Kier alpha value is -0.910. The van der Waals surface area contributed by atoms with E-state index in [0.717, 1.165) is 15.5 Å². The van der Waals surface area contributed by atoms with Crippen LogP contribution in [-0.4, -0.2) is 11.2 Å². The predicted octanol–water partition coefficient (Wildman–Crippen LogP) is 3.44. The van der Waals surface area contributed by atoms with Gasteiger partial charge in [0.15, 0.2) is 0 Å². The third kappa shape index (κ3) is 2.36. The number of hydrogen-bond donors (Lipinski definition) is 1. The van der Waals surface area contributed by atoms with E-state index in [1.54, 1.807) is 6.07 Å². The van der Waals surface area contributed by atoms with Gasteiger partial charge in [0.2, 0.25) is 0 Å². The molecular weight excluding hydrogens is 255 g/mol. The van der Waals surface area contributed by atoms with Crippen molar-refractivity contribution >= 4 is 23.1 Å². The summed E-state index contributed by atoms with van der Waals surface area (Å²) in [5.74, 6) is -0.228. The first-order chi connectivity index (χ1) is 8.17. The lowest BCUT2D eigenvalue weighted by Crippen LogP contribution is -1.94. The second-order valence-corrected chi connectivity index (χ2v) is 5.48. The van der Waals surface area contributed by atoms with Crippen molar-refractivity contribution in [1.29, 1.82) is 0 Å². The average Bonchev–Trinajstić information content (AvgIpc) is 2.69. The molecule has 1 heterocycles. The molecule has 1 aromatic carbocycles. The molecule has 90 valence electrons. The fourth-order valence-corrected chi connectivity index (χ4v) is 3.29. The number of halogens is 1. The van der Waals surface area contributed by atoms with Gasteiger partial charge in [-0.15, -0.1) is 23.1 Å². The molecule has 2 N–H and O–H groups in total. The van der Waals surface area contributed by atoms with Crippen LogP contribution in [0.5, 0.6) is 0 Å². The lowest BCUT2D eigenvalue weighted by Gasteiger charge is -2.04. The van der Waals surface area contributed by atoms with Crippen molar-refractivity contribution in [2.45, 2.75) is 18.4 Å². The molecule has 0 fully saturated rings. The number of thioether (sulfide) groups is 1. The predicted molar refractivity (Wildman–Crippen MR) is 71.9 cm³/mol. The summed E-state index contributed by atoms with van der Waals surface area (Å²) in [4.78, 5) is 6.32. The van der Waals surface area contributed by atoms with Gasteiger partial charge in [-0.05, 0) is 25.3 Å². The highest BCUT2D eigenvalue weighted by atomic mass is 32.2. The molecule has 0 aliphatic rings. The van der Waals surface area contributed by atoms with Crippen molar-refractivity contribution in [2.24, 2.45) is 5.73 Å². The fraction of sp³-hybridized carbons (Fsp3) is 0.250. The van der Waals surface area contributed by atoms with Crippen LogP contribution in [0.2, 0.25) is 0 Å². The van der Waals surface area contributed by atoms with Crippen LogP contribution in [0.4, 0.5) is 4.39 Å². The summed E-state index contributed by atoms with van der Waals surface area (Å²) in [5.41, 5.74) is 7.10. The molecule has 0 radical (unpaired) electrons. The normalized spacial score (nSPS) is 10.8. The number of aryl methyl sites for hydroxylation is 1. The second-order valence-electron chi connectivity index (χ2n) is 3.55. The zero-order chi connectivity index (χ0) is 12.4. The van der Waals surface area contributed by atoms with E-state index in [1.165, 1.54) is 29.2 Å². The third-order valence-corrected chi connectivity index (χ3v) is 4.46. The van der Waals surface area contributed by atoms with Crippen molar-refractivity contribution in [2.75, 3.05) is 6.26 Å². The molecule has 0 spiro atoms. The Labute approximate surface area is 108 Å². The lowest BCUT2D eigenvalue weighted by atomic mass is 10.2. The molecule has 5 heteroatoms. The van der Waals surface area contributed by atoms with Gasteiger partial charge >= 0.3 is 0 Å². The highest BCUT2D eigenvalue weighted by molar-refractivity contribution is 7.98. The summed E-state index contributed by atoms with van der Waals surface area (Å²) < 4.78 is 13.9. The Bertz CT molecular complexity index is 537. The van der Waals surface area contributed by atoms with Gasteiger partial charge < -0.3 is 5.73 Å². The standard InChI is InChI=1S/C12H13FN2S2/c1-7-10(6-14)17-12(15-7)11-8(13)4-3-5-9(11)16-2/h3-5H,6,14H2,1-2H3. The average molecular weight is 268 g/mol. The van der Waals surface area contributed by atoms with Crippen molar-refractivity contribution < 1.29 is 4.39 Å². The molecule has 17 heavy (non-hydrogen) atoms. The minimum atomic E-state index is -0.228. The molecule has 0 aliphatic carbocycles. The fourth-order valence-electron chi connectivity index (χ4n) is 1.61. The Balaban J connectivity index is 2.59. The smallest absolute Gasteiger partial charge is 0.134 e. The molecule has 0 saturated carbocycles. The van der Waals surface area contributed by atoms with Crippen molar-refractivity contribution in [1.82, 2.24) is 4.98 Å². The Morgan fingerprint density at radius 1 is 1.47 bits per heavy atom. The summed E-state index contributed by atoms with van der Waals surface area (Å²) in [5, 5.41) is 0.713. The summed E-state index contributed by atoms with van der Waals surface area (Å²) in [7, 11) is 0. The Morgan fingerprint density at radius 2 is 2.24 bits per heavy atom. The van der Waals surface area contributed by atoms with E-state index in [2.05, 4.69) is 4.98 Å². The number of aromatic nitrogens is 1. The Morgan fingerprint density at radius 3 is 2.82 bits per heavy atom. The zero-order valence-corrected chi connectivity index (χ0v) is 11.3. The number of nitrogens with zero attached hydrogens (tertiary/aromatic N) is 1. The quantitative estimate of drug-likeness (QED) is 0.867. The van der Waals surface area contributed by atoms with Gasteiger partial charge in [-0.1, -0.05) is 6.07 Å². The van der Waals surface area contributed by atoms with Gasteiger partial charge in [-0.2, -0.15) is 0 Å². The highest BCUT2D eigenvalue weighted by Gasteiger charge is 2.15. The molecular formula is C12H13FN2S2. The van der Waals surface area contributed by atoms with E-state index in [9.17, 15) is 4.39 Å². The van der Waals surface area contributed by atoms with Gasteiger partial charge in [-0.25, -0.2) is 9.37 Å². The minimum Gasteiger partial charge on any atom is -0.326 e. The molecule has 0 atom stereocenters. The SMILES string of the molecule is CSc1cccc(F)c1-c1nc(C)c(CN)s1. The molecule has 0 aliphatic heterocycles. The number of thiazole rings is 1. The lowest BCUT2D eigenvalue weighted by molar-refractivity contribution is 0.628. The maximum absolute atomic E-state index is 13.9. The van der Waals surface area contributed by atoms with E-state index in [0.29, 0.717) is 17.1 Å². The monoisotopic (exact) mass is 268 g/mol. The van der Waals surface area contributed by atoms with E-state index in [4.69, 9.17) is 5.73 Å². The maximum Gasteiger partial charge on any atom is 0.134 e. The molecule has 2 nitrogen and oxygen atoms in total. The number of benzene rings is 1. The van der Waals surface area contributed by atoms with Crippen LogP contribution in [0.1, 0.15) is 10.6 Å². The van der Waals surface area contributed by atoms with Crippen LogP contribution in [0.3, 0.4) is 0 Å². The number of rotatable bonds is 3. The van der Waals surface area contributed by atoms with E-state index >= 15 is 0 Å². The second kappa shape index (κ2) is 5.16. The summed E-state index contributed by atoms with van der Waals surface area (Å²) in [6.45, 7) is 2.36. The first-order valence-corrected chi connectivity index (χ1v) is 7.20. The van der Waals surface area contributed by atoms with E-state index < -0.39 is 0 Å². The summed E-state index contributed by atoms with van der Waals surface area (Å²) in [6.07, 6.45) is 1.93. The zero-order valence-electron chi connectivity index (χ0n) is 9.66. The molecule has 0 unspecified atom stereocenters. The van der Waals surface area contributed by atoms with E-state index in [1.807, 2.05) is 19.2 Å². The molecule has 0 bridgehead atoms. The topological polar surface area (TPSA) is 38.9 Å².